The summed E-state index contributed by atoms with van der Waals surface area (Å²) in [6, 6.07) is 19.2. The summed E-state index contributed by atoms with van der Waals surface area (Å²) in [5.41, 5.74) is 2.54. The van der Waals surface area contributed by atoms with Crippen molar-refractivity contribution in [2.45, 2.75) is 19.8 Å². The van der Waals surface area contributed by atoms with E-state index in [9.17, 15) is 8.78 Å². The van der Waals surface area contributed by atoms with Gasteiger partial charge in [0.25, 0.3) is 0 Å². The van der Waals surface area contributed by atoms with Crippen LogP contribution in [-0.2, 0) is 12.8 Å². The van der Waals surface area contributed by atoms with Crippen molar-refractivity contribution in [1.82, 2.24) is 0 Å². The molecular weight excluding hydrogens is 306 g/mol. The Hall–Kier alpha value is -2.68. The predicted molar refractivity (Wildman–Crippen MR) is 91.5 cm³/mol. The molecule has 0 amide bonds. The van der Waals surface area contributed by atoms with Crippen LogP contribution in [0.5, 0.6) is 11.5 Å². The first-order valence-corrected chi connectivity index (χ1v) is 7.89. The predicted octanol–water partition coefficient (Wildman–Crippen LogP) is 5.85. The smallest absolute Gasteiger partial charge is 0.130 e. The highest BCUT2D eigenvalue weighted by molar-refractivity contribution is 5.41. The number of para-hydroxylation sites is 2. The average Bonchev–Trinajstić information content (AvgIpc) is 2.57. The van der Waals surface area contributed by atoms with Gasteiger partial charge < -0.3 is 4.74 Å². The van der Waals surface area contributed by atoms with E-state index in [0.717, 1.165) is 28.7 Å². The number of hydrogen-bond donors (Lipinski definition) is 0. The minimum atomic E-state index is -0.556. The largest absolute Gasteiger partial charge is 0.457 e. The molecule has 0 aliphatic heterocycles. The molecule has 0 heterocycles. The van der Waals surface area contributed by atoms with E-state index < -0.39 is 11.6 Å². The monoisotopic (exact) mass is 324 g/mol. The molecule has 0 saturated heterocycles. The summed E-state index contributed by atoms with van der Waals surface area (Å²) in [7, 11) is 0. The summed E-state index contributed by atoms with van der Waals surface area (Å²) in [4.78, 5) is 0. The van der Waals surface area contributed by atoms with Gasteiger partial charge in [-0.1, -0.05) is 42.5 Å². The third kappa shape index (κ3) is 3.80. The lowest BCUT2D eigenvalue weighted by atomic mass is 10.0. The van der Waals surface area contributed by atoms with Crippen LogP contribution in [0.3, 0.4) is 0 Å². The summed E-state index contributed by atoms with van der Waals surface area (Å²) in [6.07, 6.45) is 1.10. The van der Waals surface area contributed by atoms with Crippen molar-refractivity contribution in [2.24, 2.45) is 0 Å². The van der Waals surface area contributed by atoms with E-state index in [1.807, 2.05) is 55.5 Å². The van der Waals surface area contributed by atoms with Crippen molar-refractivity contribution in [3.05, 3.63) is 95.1 Å². The molecule has 0 spiro atoms. The van der Waals surface area contributed by atoms with Gasteiger partial charge in [0.05, 0.1) is 0 Å². The Morgan fingerprint density at radius 2 is 1.42 bits per heavy atom. The quantitative estimate of drug-likeness (QED) is 0.572. The molecule has 3 aromatic rings. The van der Waals surface area contributed by atoms with E-state index in [1.165, 1.54) is 12.1 Å². The molecule has 3 rings (SSSR count). The molecule has 0 atom stereocenters. The zero-order valence-electron chi connectivity index (χ0n) is 13.4. The van der Waals surface area contributed by atoms with Gasteiger partial charge in [0.15, 0.2) is 0 Å². The summed E-state index contributed by atoms with van der Waals surface area (Å²) >= 11 is 0. The maximum atomic E-state index is 13.8. The van der Waals surface area contributed by atoms with Crippen molar-refractivity contribution in [3.63, 3.8) is 0 Å². The maximum absolute atomic E-state index is 13.8. The van der Waals surface area contributed by atoms with Crippen LogP contribution in [0.2, 0.25) is 0 Å². The minimum absolute atomic E-state index is 0.486. The highest BCUT2D eigenvalue weighted by Crippen LogP contribution is 2.28. The van der Waals surface area contributed by atoms with Gasteiger partial charge in [-0.25, -0.2) is 8.78 Å². The normalized spacial score (nSPS) is 10.6. The summed E-state index contributed by atoms with van der Waals surface area (Å²) in [5, 5.41) is 0. The highest BCUT2D eigenvalue weighted by atomic mass is 19.1. The van der Waals surface area contributed by atoms with Crippen molar-refractivity contribution in [1.29, 1.82) is 0 Å². The SMILES string of the molecule is Cc1ccccc1Oc1ccccc1CCc1ccc(F)cc1F. The molecule has 1 nitrogen and oxygen atoms in total. The Balaban J connectivity index is 1.78. The molecule has 0 bridgehead atoms. The lowest BCUT2D eigenvalue weighted by molar-refractivity contribution is 0.472. The van der Waals surface area contributed by atoms with Crippen LogP contribution in [0.1, 0.15) is 16.7 Å². The van der Waals surface area contributed by atoms with E-state index in [2.05, 4.69) is 0 Å². The number of aryl methyl sites for hydroxylation is 3. The fraction of sp³-hybridized carbons (Fsp3) is 0.143. The van der Waals surface area contributed by atoms with Gasteiger partial charge in [0.2, 0.25) is 0 Å². The number of halogens is 2. The van der Waals surface area contributed by atoms with Crippen LogP contribution in [-0.4, -0.2) is 0 Å². The lowest BCUT2D eigenvalue weighted by Gasteiger charge is -2.13. The summed E-state index contributed by atoms with van der Waals surface area (Å²) in [5.74, 6) is 0.499. The fourth-order valence-corrected chi connectivity index (χ4v) is 2.59. The highest BCUT2D eigenvalue weighted by Gasteiger charge is 2.09. The van der Waals surface area contributed by atoms with E-state index in [4.69, 9.17) is 4.74 Å². The van der Waals surface area contributed by atoms with Gasteiger partial charge in [0, 0.05) is 6.07 Å². The lowest BCUT2D eigenvalue weighted by Crippen LogP contribution is -1.98. The second kappa shape index (κ2) is 7.26. The first-order valence-electron chi connectivity index (χ1n) is 7.89. The van der Waals surface area contributed by atoms with Crippen LogP contribution < -0.4 is 4.74 Å². The number of rotatable bonds is 5. The van der Waals surface area contributed by atoms with Gasteiger partial charge in [-0.3, -0.25) is 0 Å². The molecule has 0 aliphatic rings. The molecule has 122 valence electrons. The standard InChI is InChI=1S/C21H18F2O/c1-15-6-2-4-8-20(15)24-21-9-5-3-7-17(21)11-10-16-12-13-18(22)14-19(16)23/h2-9,12-14H,10-11H2,1H3. The molecule has 0 radical (unpaired) electrons. The van der Waals surface area contributed by atoms with E-state index >= 15 is 0 Å². The number of ether oxygens (including phenoxy) is 1. The Labute approximate surface area is 140 Å². The summed E-state index contributed by atoms with van der Waals surface area (Å²) < 4.78 is 32.8. The topological polar surface area (TPSA) is 9.23 Å². The first-order chi connectivity index (χ1) is 11.6. The van der Waals surface area contributed by atoms with Crippen molar-refractivity contribution in [2.75, 3.05) is 0 Å². The molecule has 0 aromatic heterocycles. The zero-order valence-corrected chi connectivity index (χ0v) is 13.4. The van der Waals surface area contributed by atoms with Gasteiger partial charge in [-0.15, -0.1) is 0 Å². The molecule has 0 fully saturated rings. The van der Waals surface area contributed by atoms with Gasteiger partial charge in [-0.2, -0.15) is 0 Å². The van der Waals surface area contributed by atoms with E-state index in [1.54, 1.807) is 0 Å². The van der Waals surface area contributed by atoms with Crippen molar-refractivity contribution in [3.8, 4) is 11.5 Å². The molecule has 3 heteroatoms. The van der Waals surface area contributed by atoms with Crippen LogP contribution in [0.4, 0.5) is 8.78 Å². The molecule has 24 heavy (non-hydrogen) atoms. The Morgan fingerprint density at radius 3 is 2.17 bits per heavy atom. The fourth-order valence-electron chi connectivity index (χ4n) is 2.59. The van der Waals surface area contributed by atoms with Crippen LogP contribution in [0, 0.1) is 18.6 Å². The van der Waals surface area contributed by atoms with Gasteiger partial charge >= 0.3 is 0 Å². The van der Waals surface area contributed by atoms with E-state index in [0.29, 0.717) is 18.4 Å². The average molecular weight is 324 g/mol. The first kappa shape index (κ1) is 16.2. The van der Waals surface area contributed by atoms with Crippen LogP contribution in [0.15, 0.2) is 66.7 Å². The Kier molecular flexibility index (Phi) is 4.90. The third-order valence-electron chi connectivity index (χ3n) is 3.96. The molecule has 3 aromatic carbocycles. The molecule has 0 N–H and O–H groups in total. The van der Waals surface area contributed by atoms with E-state index in [-0.39, 0.29) is 0 Å². The van der Waals surface area contributed by atoms with Crippen LogP contribution >= 0.6 is 0 Å². The van der Waals surface area contributed by atoms with Gasteiger partial charge in [0.1, 0.15) is 23.1 Å². The maximum Gasteiger partial charge on any atom is 0.130 e. The molecular formula is C21H18F2O. The molecule has 0 aliphatic carbocycles. The molecule has 0 unspecified atom stereocenters. The molecule has 0 saturated carbocycles. The number of hydrogen-bond acceptors (Lipinski definition) is 1. The Bertz CT molecular complexity index is 843. The zero-order chi connectivity index (χ0) is 16.9. The summed E-state index contributed by atoms with van der Waals surface area (Å²) in [6.45, 7) is 1.99. The number of benzene rings is 3. The Morgan fingerprint density at radius 1 is 0.750 bits per heavy atom. The minimum Gasteiger partial charge on any atom is -0.457 e. The van der Waals surface area contributed by atoms with Crippen LogP contribution in [0.25, 0.3) is 0 Å². The van der Waals surface area contributed by atoms with Crippen molar-refractivity contribution >= 4 is 0 Å². The third-order valence-corrected chi connectivity index (χ3v) is 3.96. The second-order valence-electron chi connectivity index (χ2n) is 5.71. The second-order valence-corrected chi connectivity index (χ2v) is 5.71. The van der Waals surface area contributed by atoms with Gasteiger partial charge in [-0.05, 0) is 54.7 Å². The van der Waals surface area contributed by atoms with Crippen molar-refractivity contribution < 1.29 is 13.5 Å².